The van der Waals surface area contributed by atoms with Crippen molar-refractivity contribution < 1.29 is 4.74 Å². The van der Waals surface area contributed by atoms with E-state index in [2.05, 4.69) is 52.8 Å². The van der Waals surface area contributed by atoms with Gasteiger partial charge in [0.1, 0.15) is 5.75 Å². The molecule has 2 heteroatoms. The summed E-state index contributed by atoms with van der Waals surface area (Å²) in [5.74, 6) is 0.964. The zero-order valence-corrected chi connectivity index (χ0v) is 13.4. The Morgan fingerprint density at radius 1 is 0.950 bits per heavy atom. The molecule has 2 aromatic rings. The Morgan fingerprint density at radius 2 is 1.70 bits per heavy atom. The smallest absolute Gasteiger partial charge is 0.119 e. The maximum atomic E-state index is 5.82. The topological polar surface area (TPSA) is 9.23 Å². The van der Waals surface area contributed by atoms with E-state index >= 15 is 0 Å². The molecular formula is C18H21BrO. The molecule has 20 heavy (non-hydrogen) atoms. The number of halogens is 1. The lowest BCUT2D eigenvalue weighted by molar-refractivity contribution is 0.305. The first kappa shape index (κ1) is 15.1. The molecule has 0 heterocycles. The van der Waals surface area contributed by atoms with Gasteiger partial charge in [-0.2, -0.15) is 0 Å². The van der Waals surface area contributed by atoms with Crippen LogP contribution in [0.2, 0.25) is 0 Å². The van der Waals surface area contributed by atoms with Crippen LogP contribution in [0.4, 0.5) is 0 Å². The first-order chi connectivity index (χ1) is 9.79. The Kier molecular flexibility index (Phi) is 6.13. The average molecular weight is 333 g/mol. The van der Waals surface area contributed by atoms with Gasteiger partial charge in [0.15, 0.2) is 0 Å². The van der Waals surface area contributed by atoms with E-state index in [9.17, 15) is 0 Å². The van der Waals surface area contributed by atoms with Crippen LogP contribution in [0.15, 0.2) is 53.5 Å². The molecule has 106 valence electrons. The first-order valence-electron chi connectivity index (χ1n) is 7.22. The third-order valence-corrected chi connectivity index (χ3v) is 3.84. The normalized spacial score (nSPS) is 10.7. The number of unbranched alkanes of at least 4 members (excludes halogenated alkanes) is 4. The van der Waals surface area contributed by atoms with Gasteiger partial charge in [0.25, 0.3) is 0 Å². The van der Waals surface area contributed by atoms with Crippen molar-refractivity contribution in [3.8, 4) is 5.75 Å². The summed E-state index contributed by atoms with van der Waals surface area (Å²) in [5, 5.41) is 2.45. The average Bonchev–Trinajstić information content (AvgIpc) is 2.46. The Bertz CT molecular complexity index is 562. The maximum Gasteiger partial charge on any atom is 0.119 e. The molecule has 0 aliphatic heterocycles. The predicted octanol–water partition coefficient (Wildman–Crippen LogP) is 6.12. The highest BCUT2D eigenvalue weighted by atomic mass is 79.9. The van der Waals surface area contributed by atoms with E-state index in [1.54, 1.807) is 0 Å². The molecule has 0 unspecified atom stereocenters. The molecule has 0 N–H and O–H groups in total. The monoisotopic (exact) mass is 332 g/mol. The predicted molar refractivity (Wildman–Crippen MR) is 90.4 cm³/mol. The largest absolute Gasteiger partial charge is 0.494 e. The number of ether oxygens (including phenoxy) is 1. The van der Waals surface area contributed by atoms with Crippen molar-refractivity contribution in [2.45, 2.75) is 32.1 Å². The Morgan fingerprint density at radius 3 is 2.55 bits per heavy atom. The van der Waals surface area contributed by atoms with E-state index in [1.165, 1.54) is 30.0 Å². The number of allylic oxidation sites excluding steroid dienone is 1. The van der Waals surface area contributed by atoms with E-state index < -0.39 is 0 Å². The van der Waals surface area contributed by atoms with Crippen LogP contribution in [-0.4, -0.2) is 6.61 Å². The van der Waals surface area contributed by atoms with Crippen molar-refractivity contribution in [2.75, 3.05) is 6.61 Å². The second-order valence-electron chi connectivity index (χ2n) is 4.99. The van der Waals surface area contributed by atoms with Gasteiger partial charge >= 0.3 is 0 Å². The summed E-state index contributed by atoms with van der Waals surface area (Å²) in [5.41, 5.74) is 0. The molecule has 0 saturated heterocycles. The number of hydrogen-bond donors (Lipinski definition) is 0. The van der Waals surface area contributed by atoms with Gasteiger partial charge < -0.3 is 4.74 Å². The number of fused-ring (bicyclic) bond motifs is 1. The van der Waals surface area contributed by atoms with Gasteiger partial charge in [0, 0.05) is 4.47 Å². The van der Waals surface area contributed by atoms with Crippen LogP contribution < -0.4 is 4.74 Å². The van der Waals surface area contributed by atoms with Gasteiger partial charge in [-0.1, -0.05) is 47.0 Å². The standard InChI is InChI=1S/C18H21BrO/c1-2-3-4-5-6-7-12-20-18-11-9-15-13-17(19)10-8-16(15)14-18/h2,8-11,13-14H,1,3-7,12H2. The summed E-state index contributed by atoms with van der Waals surface area (Å²) < 4.78 is 6.93. The molecule has 0 saturated carbocycles. The second kappa shape index (κ2) is 8.11. The van der Waals surface area contributed by atoms with Crippen LogP contribution in [0.1, 0.15) is 32.1 Å². The van der Waals surface area contributed by atoms with E-state index in [-0.39, 0.29) is 0 Å². The molecule has 2 rings (SSSR count). The molecule has 1 nitrogen and oxygen atoms in total. The zero-order chi connectivity index (χ0) is 14.2. The molecule has 0 atom stereocenters. The summed E-state index contributed by atoms with van der Waals surface area (Å²) in [4.78, 5) is 0. The molecule has 0 spiro atoms. The SMILES string of the molecule is C=CCCCCCCOc1ccc2cc(Br)ccc2c1. The lowest BCUT2D eigenvalue weighted by Gasteiger charge is -2.07. The molecule has 0 aromatic heterocycles. The quantitative estimate of drug-likeness (QED) is 0.418. The van der Waals surface area contributed by atoms with Crippen LogP contribution in [0.25, 0.3) is 10.8 Å². The van der Waals surface area contributed by atoms with E-state index in [4.69, 9.17) is 4.74 Å². The van der Waals surface area contributed by atoms with Crippen molar-refractivity contribution in [2.24, 2.45) is 0 Å². The fraction of sp³-hybridized carbons (Fsp3) is 0.333. The first-order valence-corrected chi connectivity index (χ1v) is 8.02. The van der Waals surface area contributed by atoms with Gasteiger partial charge in [0.2, 0.25) is 0 Å². The van der Waals surface area contributed by atoms with Crippen LogP contribution in [0, 0.1) is 0 Å². The molecular weight excluding hydrogens is 312 g/mol. The highest BCUT2D eigenvalue weighted by Gasteiger charge is 1.98. The van der Waals surface area contributed by atoms with Crippen LogP contribution in [-0.2, 0) is 0 Å². The molecule has 0 fully saturated rings. The number of benzene rings is 2. The molecule has 0 bridgehead atoms. The number of rotatable bonds is 8. The highest BCUT2D eigenvalue weighted by Crippen LogP contribution is 2.24. The third kappa shape index (κ3) is 4.68. The Labute approximate surface area is 129 Å². The van der Waals surface area contributed by atoms with E-state index in [0.717, 1.165) is 29.7 Å². The van der Waals surface area contributed by atoms with Crippen molar-refractivity contribution in [3.05, 3.63) is 53.5 Å². The lowest BCUT2D eigenvalue weighted by Crippen LogP contribution is -1.97. The summed E-state index contributed by atoms with van der Waals surface area (Å²) in [7, 11) is 0. The minimum Gasteiger partial charge on any atom is -0.494 e. The fourth-order valence-corrected chi connectivity index (χ4v) is 2.60. The Hall–Kier alpha value is -1.28. The third-order valence-electron chi connectivity index (χ3n) is 3.35. The summed E-state index contributed by atoms with van der Waals surface area (Å²) >= 11 is 3.49. The maximum absolute atomic E-state index is 5.82. The van der Waals surface area contributed by atoms with Gasteiger partial charge in [-0.15, -0.1) is 6.58 Å². The minimum absolute atomic E-state index is 0.802. The van der Waals surface area contributed by atoms with Gasteiger partial charge in [0.05, 0.1) is 6.61 Å². The molecule has 0 amide bonds. The van der Waals surface area contributed by atoms with Crippen molar-refractivity contribution >= 4 is 26.7 Å². The van der Waals surface area contributed by atoms with Crippen LogP contribution >= 0.6 is 15.9 Å². The van der Waals surface area contributed by atoms with Crippen LogP contribution in [0.3, 0.4) is 0 Å². The minimum atomic E-state index is 0.802. The summed E-state index contributed by atoms with van der Waals surface area (Å²) in [6, 6.07) is 12.6. The molecule has 0 aliphatic rings. The zero-order valence-electron chi connectivity index (χ0n) is 11.8. The van der Waals surface area contributed by atoms with E-state index in [0.29, 0.717) is 0 Å². The van der Waals surface area contributed by atoms with Crippen molar-refractivity contribution in [1.29, 1.82) is 0 Å². The fourth-order valence-electron chi connectivity index (χ4n) is 2.22. The Balaban J connectivity index is 1.78. The van der Waals surface area contributed by atoms with Gasteiger partial charge in [-0.25, -0.2) is 0 Å². The highest BCUT2D eigenvalue weighted by molar-refractivity contribution is 9.10. The van der Waals surface area contributed by atoms with E-state index in [1.807, 2.05) is 12.1 Å². The van der Waals surface area contributed by atoms with Gasteiger partial charge in [-0.3, -0.25) is 0 Å². The van der Waals surface area contributed by atoms with Crippen molar-refractivity contribution in [3.63, 3.8) is 0 Å². The molecule has 0 aliphatic carbocycles. The van der Waals surface area contributed by atoms with Crippen molar-refractivity contribution in [1.82, 2.24) is 0 Å². The molecule has 2 aromatic carbocycles. The summed E-state index contributed by atoms with van der Waals surface area (Å²) in [6.07, 6.45) is 7.98. The van der Waals surface area contributed by atoms with Crippen LogP contribution in [0.5, 0.6) is 5.75 Å². The number of hydrogen-bond acceptors (Lipinski definition) is 1. The second-order valence-corrected chi connectivity index (χ2v) is 5.91. The van der Waals surface area contributed by atoms with Gasteiger partial charge in [-0.05, 0) is 54.3 Å². The lowest BCUT2D eigenvalue weighted by atomic mass is 10.1. The summed E-state index contributed by atoms with van der Waals surface area (Å²) in [6.45, 7) is 4.54. The molecule has 0 radical (unpaired) electrons.